The molecule has 4 nitrogen and oxygen atoms in total. The molecular weight excluding hydrogens is 260 g/mol. The van der Waals surface area contributed by atoms with Crippen LogP contribution < -0.4 is 5.19 Å². The fourth-order valence-corrected chi connectivity index (χ4v) is 2.78. The largest absolute Gasteiger partial charge is 0.576 e. The van der Waals surface area contributed by atoms with Gasteiger partial charge in [0, 0.05) is 18.0 Å². The molecule has 0 unspecified atom stereocenters. The van der Waals surface area contributed by atoms with Gasteiger partial charge in [-0.25, -0.2) is 0 Å². The molecule has 0 aliphatic rings. The van der Waals surface area contributed by atoms with Crippen molar-refractivity contribution in [3.05, 3.63) is 36.4 Å². The Labute approximate surface area is 114 Å². The third kappa shape index (κ3) is 4.71. The third-order valence-electron chi connectivity index (χ3n) is 2.35. The fraction of sp³-hybridized carbons (Fsp3) is 0.286. The zero-order valence-electron chi connectivity index (χ0n) is 11.1. The molecule has 0 amide bonds. The topological polar surface area (TPSA) is 52.6 Å². The molecule has 0 fully saturated rings. The smallest absolute Gasteiger partial charge is 0.479 e. The van der Waals surface area contributed by atoms with Gasteiger partial charge < -0.3 is 8.85 Å². The molecule has 0 aliphatic carbocycles. The second-order valence-electron chi connectivity index (χ2n) is 3.77. The lowest BCUT2D eigenvalue weighted by Crippen LogP contribution is -2.40. The van der Waals surface area contributed by atoms with E-state index in [0.717, 1.165) is 5.56 Å². The van der Waals surface area contributed by atoms with Gasteiger partial charge >= 0.3 is 9.28 Å². The van der Waals surface area contributed by atoms with Crippen molar-refractivity contribution in [3.8, 4) is 0 Å². The number of carbonyl (C=O) groups excluding carboxylic acids is 2. The van der Waals surface area contributed by atoms with E-state index in [4.69, 9.17) is 8.85 Å². The van der Waals surface area contributed by atoms with Crippen LogP contribution in [0.15, 0.2) is 30.8 Å². The molecule has 1 radical (unpaired) electrons. The Morgan fingerprint density at radius 1 is 1.21 bits per heavy atom. The van der Waals surface area contributed by atoms with Gasteiger partial charge in [0.05, 0.1) is 0 Å². The van der Waals surface area contributed by atoms with E-state index in [-0.39, 0.29) is 24.8 Å². The summed E-state index contributed by atoms with van der Waals surface area (Å²) in [5.74, 6) is -0.747. The van der Waals surface area contributed by atoms with E-state index < -0.39 is 9.28 Å². The van der Waals surface area contributed by atoms with Crippen LogP contribution in [0.4, 0.5) is 0 Å². The number of benzene rings is 1. The van der Waals surface area contributed by atoms with Gasteiger partial charge in [-0.3, -0.25) is 9.59 Å². The summed E-state index contributed by atoms with van der Waals surface area (Å²) in [6.45, 7) is 7.08. The van der Waals surface area contributed by atoms with E-state index in [9.17, 15) is 9.59 Å². The van der Waals surface area contributed by atoms with Crippen LogP contribution in [0.25, 0.3) is 6.08 Å². The summed E-state index contributed by atoms with van der Waals surface area (Å²) >= 11 is 0. The zero-order chi connectivity index (χ0) is 14.3. The molecule has 1 rings (SSSR count). The van der Waals surface area contributed by atoms with Gasteiger partial charge in [0.2, 0.25) is 0 Å². The monoisotopic (exact) mass is 277 g/mol. The SMILES string of the molecule is C=Cc1cccc([Si](OC(=O)CC)OC(=O)CC)c1. The minimum Gasteiger partial charge on any atom is -0.479 e. The third-order valence-corrected chi connectivity index (χ3v) is 3.96. The number of hydrogen-bond donors (Lipinski definition) is 0. The number of carbonyl (C=O) groups is 2. The second kappa shape index (κ2) is 7.53. The zero-order valence-corrected chi connectivity index (χ0v) is 12.1. The van der Waals surface area contributed by atoms with Crippen molar-refractivity contribution < 1.29 is 18.4 Å². The standard InChI is InChI=1S/C14H17O4Si/c1-4-11-8-7-9-12(10-11)19(17-13(15)5-2)18-14(16)6-3/h4,7-10H,1,5-6H2,2-3H3. The molecular formula is C14H17O4Si. The van der Waals surface area contributed by atoms with Crippen molar-refractivity contribution in [1.29, 1.82) is 0 Å². The Bertz CT molecular complexity index is 452. The Kier molecular flexibility index (Phi) is 6.01. The van der Waals surface area contributed by atoms with E-state index in [1.807, 2.05) is 18.2 Å². The molecule has 1 aromatic rings. The van der Waals surface area contributed by atoms with Crippen molar-refractivity contribution in [3.63, 3.8) is 0 Å². The Morgan fingerprint density at radius 2 is 1.79 bits per heavy atom. The lowest BCUT2D eigenvalue weighted by molar-refractivity contribution is -0.139. The van der Waals surface area contributed by atoms with Crippen LogP contribution in [0.3, 0.4) is 0 Å². The first-order valence-corrected chi connectivity index (χ1v) is 7.43. The first-order valence-electron chi connectivity index (χ1n) is 6.11. The number of rotatable bonds is 6. The van der Waals surface area contributed by atoms with Crippen molar-refractivity contribution in [2.75, 3.05) is 0 Å². The lowest BCUT2D eigenvalue weighted by atomic mass is 10.2. The van der Waals surface area contributed by atoms with Gasteiger partial charge in [0.15, 0.2) is 0 Å². The quantitative estimate of drug-likeness (QED) is 0.746. The maximum Gasteiger partial charge on any atom is 0.576 e. The lowest BCUT2D eigenvalue weighted by Gasteiger charge is -2.14. The minimum absolute atomic E-state index is 0.249. The molecule has 0 spiro atoms. The van der Waals surface area contributed by atoms with Crippen LogP contribution in [0.5, 0.6) is 0 Å². The van der Waals surface area contributed by atoms with Crippen LogP contribution in [0, 0.1) is 0 Å². The van der Waals surface area contributed by atoms with E-state index in [1.165, 1.54) is 0 Å². The van der Waals surface area contributed by atoms with E-state index in [1.54, 1.807) is 26.0 Å². The first-order chi connectivity index (χ1) is 9.10. The highest BCUT2D eigenvalue weighted by Crippen LogP contribution is 2.03. The molecule has 0 heterocycles. The Balaban J connectivity index is 2.96. The molecule has 0 saturated heterocycles. The first kappa shape index (κ1) is 15.2. The van der Waals surface area contributed by atoms with E-state index >= 15 is 0 Å². The van der Waals surface area contributed by atoms with E-state index in [0.29, 0.717) is 5.19 Å². The predicted molar refractivity (Wildman–Crippen MR) is 74.7 cm³/mol. The molecule has 0 aliphatic heterocycles. The van der Waals surface area contributed by atoms with Gasteiger partial charge in [-0.2, -0.15) is 0 Å². The van der Waals surface area contributed by atoms with Gasteiger partial charge in [-0.15, -0.1) is 0 Å². The average Bonchev–Trinajstić information content (AvgIpc) is 2.46. The molecule has 0 aromatic heterocycles. The highest BCUT2D eigenvalue weighted by molar-refractivity contribution is 6.64. The van der Waals surface area contributed by atoms with Crippen molar-refractivity contribution in [2.45, 2.75) is 26.7 Å². The fourth-order valence-electron chi connectivity index (χ4n) is 1.28. The summed E-state index contributed by atoms with van der Waals surface area (Å²) in [4.78, 5) is 22.8. The normalized spacial score (nSPS) is 10.1. The average molecular weight is 277 g/mol. The molecule has 19 heavy (non-hydrogen) atoms. The van der Waals surface area contributed by atoms with Crippen LogP contribution in [0.1, 0.15) is 32.3 Å². The number of hydrogen-bond acceptors (Lipinski definition) is 4. The van der Waals surface area contributed by atoms with Crippen LogP contribution in [-0.2, 0) is 18.4 Å². The highest BCUT2D eigenvalue weighted by atomic mass is 28.3. The second-order valence-corrected chi connectivity index (χ2v) is 5.33. The van der Waals surface area contributed by atoms with Crippen molar-refractivity contribution in [1.82, 2.24) is 0 Å². The molecule has 0 N–H and O–H groups in total. The molecule has 0 bridgehead atoms. The van der Waals surface area contributed by atoms with Gasteiger partial charge in [0.25, 0.3) is 11.9 Å². The summed E-state index contributed by atoms with van der Waals surface area (Å²) in [5.41, 5.74) is 0.889. The summed E-state index contributed by atoms with van der Waals surface area (Å²) in [6.07, 6.45) is 2.18. The predicted octanol–water partition coefficient (Wildman–Crippen LogP) is 1.93. The molecule has 1 aromatic carbocycles. The maximum absolute atomic E-state index is 11.4. The van der Waals surface area contributed by atoms with Crippen LogP contribution >= 0.6 is 0 Å². The van der Waals surface area contributed by atoms with Gasteiger partial charge in [0.1, 0.15) is 0 Å². The van der Waals surface area contributed by atoms with Gasteiger partial charge in [-0.1, -0.05) is 44.7 Å². The van der Waals surface area contributed by atoms with Crippen LogP contribution in [-0.4, -0.2) is 21.2 Å². The molecule has 101 valence electrons. The van der Waals surface area contributed by atoms with E-state index in [2.05, 4.69) is 6.58 Å². The molecule has 5 heteroatoms. The molecule has 0 saturated carbocycles. The van der Waals surface area contributed by atoms with Gasteiger partial charge in [-0.05, 0) is 11.6 Å². The Morgan fingerprint density at radius 3 is 2.26 bits per heavy atom. The summed E-state index contributed by atoms with van der Waals surface area (Å²) in [7, 11) is -2.12. The van der Waals surface area contributed by atoms with Crippen molar-refractivity contribution in [2.24, 2.45) is 0 Å². The summed E-state index contributed by atoms with van der Waals surface area (Å²) < 4.78 is 10.5. The minimum atomic E-state index is -2.12. The van der Waals surface area contributed by atoms with Crippen molar-refractivity contribution >= 4 is 32.5 Å². The van der Waals surface area contributed by atoms with Crippen LogP contribution in [0.2, 0.25) is 0 Å². The highest BCUT2D eigenvalue weighted by Gasteiger charge is 2.28. The molecule has 0 atom stereocenters. The Hall–Kier alpha value is -1.88. The maximum atomic E-state index is 11.4. The summed E-state index contributed by atoms with van der Waals surface area (Å²) in [5, 5.41) is 0.714. The summed E-state index contributed by atoms with van der Waals surface area (Å²) in [6, 6.07) is 7.29.